The molecule has 0 radical (unpaired) electrons. The van der Waals surface area contributed by atoms with Gasteiger partial charge in [0, 0.05) is 19.0 Å². The van der Waals surface area contributed by atoms with Gasteiger partial charge in [0.05, 0.1) is 24.1 Å². The number of hydrogen-bond donors (Lipinski definition) is 0. The zero-order valence-corrected chi connectivity index (χ0v) is 18.1. The highest BCUT2D eigenvalue weighted by Crippen LogP contribution is 2.25. The van der Waals surface area contributed by atoms with E-state index >= 15 is 0 Å². The van der Waals surface area contributed by atoms with Crippen molar-refractivity contribution in [2.45, 2.75) is 53.4 Å². The van der Waals surface area contributed by atoms with Crippen LogP contribution in [-0.4, -0.2) is 40.7 Å². The molecule has 156 valence electrons. The molecule has 1 aromatic rings. The van der Waals surface area contributed by atoms with Crippen LogP contribution < -0.4 is 0 Å². The molecule has 1 aromatic heterocycles. The molecule has 0 spiro atoms. The summed E-state index contributed by atoms with van der Waals surface area (Å²) in [5.41, 5.74) is 4.08. The average Bonchev–Trinajstić information content (AvgIpc) is 3.18. The second kappa shape index (κ2) is 9.86. The Morgan fingerprint density at radius 3 is 2.93 bits per heavy atom. The van der Waals surface area contributed by atoms with Gasteiger partial charge in [-0.25, -0.2) is 0 Å². The minimum absolute atomic E-state index is 0.0371. The molecule has 1 unspecified atom stereocenters. The van der Waals surface area contributed by atoms with E-state index in [0.29, 0.717) is 24.0 Å². The lowest BCUT2D eigenvalue weighted by Crippen LogP contribution is -2.29. The van der Waals surface area contributed by atoms with Crippen LogP contribution in [0, 0.1) is 18.8 Å². The number of ether oxygens (including phenoxy) is 1. The summed E-state index contributed by atoms with van der Waals surface area (Å²) in [6.45, 7) is 10.7. The molecule has 0 N–H and O–H groups in total. The first kappa shape index (κ1) is 21.3. The van der Waals surface area contributed by atoms with Gasteiger partial charge < -0.3 is 9.64 Å². The third-order valence-electron chi connectivity index (χ3n) is 6.00. The molecule has 2 atom stereocenters. The SMILES string of the molecule is CCC(C)C1=CCC/C(C)=C(\OC[C@@H]2CCN(C(=O)c3cnnc(C)c3)C2)C=C1. The van der Waals surface area contributed by atoms with Crippen molar-refractivity contribution in [2.24, 2.45) is 11.8 Å². The summed E-state index contributed by atoms with van der Waals surface area (Å²) in [6, 6.07) is 1.80. The van der Waals surface area contributed by atoms with Gasteiger partial charge in [-0.1, -0.05) is 26.0 Å². The normalized spacial score (nSPS) is 23.4. The van der Waals surface area contributed by atoms with Gasteiger partial charge in [0.1, 0.15) is 5.76 Å². The maximum atomic E-state index is 12.7. The first-order valence-corrected chi connectivity index (χ1v) is 10.8. The Kier molecular flexibility index (Phi) is 7.24. The Hall–Kier alpha value is -2.43. The van der Waals surface area contributed by atoms with Crippen molar-refractivity contribution in [2.75, 3.05) is 19.7 Å². The third-order valence-corrected chi connectivity index (χ3v) is 6.00. The number of hydrogen-bond acceptors (Lipinski definition) is 4. The van der Waals surface area contributed by atoms with E-state index in [0.717, 1.165) is 50.2 Å². The number of carbonyl (C=O) groups is 1. The Bertz CT molecular complexity index is 825. The minimum atomic E-state index is 0.0371. The van der Waals surface area contributed by atoms with E-state index in [2.05, 4.69) is 49.2 Å². The van der Waals surface area contributed by atoms with Crippen LogP contribution in [0.1, 0.15) is 62.5 Å². The van der Waals surface area contributed by atoms with Gasteiger partial charge in [-0.2, -0.15) is 10.2 Å². The lowest BCUT2D eigenvalue weighted by atomic mass is 9.94. The molecule has 1 saturated heterocycles. The van der Waals surface area contributed by atoms with Crippen molar-refractivity contribution in [1.29, 1.82) is 0 Å². The lowest BCUT2D eigenvalue weighted by molar-refractivity contribution is 0.0777. The quantitative estimate of drug-likeness (QED) is 0.690. The smallest absolute Gasteiger partial charge is 0.255 e. The van der Waals surface area contributed by atoms with Gasteiger partial charge in [0.25, 0.3) is 5.91 Å². The van der Waals surface area contributed by atoms with E-state index in [9.17, 15) is 4.79 Å². The fourth-order valence-electron chi connectivity index (χ4n) is 3.87. The van der Waals surface area contributed by atoms with Crippen LogP contribution in [0.25, 0.3) is 0 Å². The third kappa shape index (κ3) is 5.55. The maximum absolute atomic E-state index is 12.7. The van der Waals surface area contributed by atoms with Crippen molar-refractivity contribution in [3.8, 4) is 0 Å². The molecule has 0 aromatic carbocycles. The fraction of sp³-hybridized carbons (Fsp3) is 0.542. The molecule has 29 heavy (non-hydrogen) atoms. The Morgan fingerprint density at radius 1 is 1.34 bits per heavy atom. The number of allylic oxidation sites excluding steroid dienone is 5. The fourth-order valence-corrected chi connectivity index (χ4v) is 3.87. The highest BCUT2D eigenvalue weighted by molar-refractivity contribution is 5.94. The molecule has 1 aliphatic carbocycles. The van der Waals surface area contributed by atoms with E-state index in [4.69, 9.17) is 4.74 Å². The Balaban J connectivity index is 1.57. The second-order valence-electron chi connectivity index (χ2n) is 8.33. The van der Waals surface area contributed by atoms with E-state index in [1.54, 1.807) is 12.3 Å². The van der Waals surface area contributed by atoms with Crippen LogP contribution >= 0.6 is 0 Å². The van der Waals surface area contributed by atoms with Gasteiger partial charge in [-0.3, -0.25) is 4.79 Å². The number of aromatic nitrogens is 2. The zero-order valence-electron chi connectivity index (χ0n) is 18.1. The van der Waals surface area contributed by atoms with Gasteiger partial charge in [0.15, 0.2) is 0 Å². The first-order valence-electron chi connectivity index (χ1n) is 10.8. The molecule has 0 bridgehead atoms. The summed E-state index contributed by atoms with van der Waals surface area (Å²) in [5.74, 6) is 1.97. The summed E-state index contributed by atoms with van der Waals surface area (Å²) in [7, 11) is 0. The van der Waals surface area contributed by atoms with Gasteiger partial charge >= 0.3 is 0 Å². The zero-order chi connectivity index (χ0) is 20.8. The van der Waals surface area contributed by atoms with Crippen LogP contribution in [0.5, 0.6) is 0 Å². The van der Waals surface area contributed by atoms with Crippen molar-refractivity contribution in [1.82, 2.24) is 15.1 Å². The topological polar surface area (TPSA) is 55.3 Å². The number of nitrogens with zero attached hydrogens (tertiary/aromatic N) is 3. The van der Waals surface area contributed by atoms with Gasteiger partial charge in [0.2, 0.25) is 0 Å². The first-order chi connectivity index (χ1) is 14.0. The summed E-state index contributed by atoms with van der Waals surface area (Å²) in [4.78, 5) is 14.6. The number of aryl methyl sites for hydroxylation is 1. The van der Waals surface area contributed by atoms with Crippen molar-refractivity contribution < 1.29 is 9.53 Å². The second-order valence-corrected chi connectivity index (χ2v) is 8.33. The largest absolute Gasteiger partial charge is 0.493 e. The number of carbonyl (C=O) groups excluding carboxylic acids is 1. The number of rotatable bonds is 6. The molecule has 2 aliphatic rings. The Morgan fingerprint density at radius 2 is 2.17 bits per heavy atom. The van der Waals surface area contributed by atoms with Crippen LogP contribution in [-0.2, 0) is 4.74 Å². The number of amides is 1. The van der Waals surface area contributed by atoms with Crippen molar-refractivity contribution in [3.63, 3.8) is 0 Å². The summed E-state index contributed by atoms with van der Waals surface area (Å²) in [5, 5.41) is 7.83. The van der Waals surface area contributed by atoms with Gasteiger partial charge in [-0.05, 0) is 68.7 Å². The van der Waals surface area contributed by atoms with E-state index < -0.39 is 0 Å². The Labute approximate surface area is 174 Å². The summed E-state index contributed by atoms with van der Waals surface area (Å²) >= 11 is 0. The number of likely N-dealkylation sites (tertiary alicyclic amines) is 1. The van der Waals surface area contributed by atoms with E-state index in [1.807, 2.05) is 11.8 Å². The predicted molar refractivity (Wildman–Crippen MR) is 115 cm³/mol. The van der Waals surface area contributed by atoms with Crippen LogP contribution in [0.4, 0.5) is 0 Å². The highest BCUT2D eigenvalue weighted by Gasteiger charge is 2.28. The molecule has 1 amide bonds. The molecule has 0 saturated carbocycles. The van der Waals surface area contributed by atoms with E-state index in [-0.39, 0.29) is 5.91 Å². The van der Waals surface area contributed by atoms with Crippen molar-refractivity contribution in [3.05, 3.63) is 58.7 Å². The average molecular weight is 396 g/mol. The monoisotopic (exact) mass is 395 g/mol. The molecule has 1 fully saturated rings. The maximum Gasteiger partial charge on any atom is 0.255 e. The molecule has 3 rings (SSSR count). The predicted octanol–water partition coefficient (Wildman–Crippen LogP) is 4.86. The molecule has 5 heteroatoms. The lowest BCUT2D eigenvalue weighted by Gasteiger charge is -2.19. The molecular weight excluding hydrogens is 362 g/mol. The standard InChI is InChI=1S/C24H33N3O2/c1-5-17(2)21-8-6-7-18(3)23(10-9-21)29-16-20-11-12-27(15-20)24(28)22-13-19(4)26-25-14-22/h8-10,13-14,17,20H,5-7,11-12,15-16H2,1-4H3/b10-9?,21-8?,23-18-/t17?,20-/m1/s1. The molecule has 1 aliphatic heterocycles. The minimum Gasteiger partial charge on any atom is -0.493 e. The van der Waals surface area contributed by atoms with Crippen molar-refractivity contribution >= 4 is 5.91 Å². The van der Waals surface area contributed by atoms with Gasteiger partial charge in [-0.15, -0.1) is 0 Å². The molecular formula is C24H33N3O2. The summed E-state index contributed by atoms with van der Waals surface area (Å²) in [6.07, 6.45) is 12.5. The summed E-state index contributed by atoms with van der Waals surface area (Å²) < 4.78 is 6.23. The van der Waals surface area contributed by atoms with Crippen LogP contribution in [0.2, 0.25) is 0 Å². The van der Waals surface area contributed by atoms with Crippen LogP contribution in [0.15, 0.2) is 47.4 Å². The van der Waals surface area contributed by atoms with E-state index in [1.165, 1.54) is 11.1 Å². The molecule has 5 nitrogen and oxygen atoms in total. The van der Waals surface area contributed by atoms with Crippen LogP contribution in [0.3, 0.4) is 0 Å². The molecule has 2 heterocycles. The highest BCUT2D eigenvalue weighted by atomic mass is 16.5.